The molecule has 0 bridgehead atoms. The minimum absolute atomic E-state index is 0.0348. The Labute approximate surface area is 195 Å². The summed E-state index contributed by atoms with van der Waals surface area (Å²) < 4.78 is 35.4. The fraction of sp³-hybridized carbons (Fsp3) is 0.160. The van der Waals surface area contributed by atoms with Crippen LogP contribution in [0.3, 0.4) is 0 Å². The smallest absolute Gasteiger partial charge is 0.324 e. The summed E-state index contributed by atoms with van der Waals surface area (Å²) in [6, 6.07) is 14.3. The van der Waals surface area contributed by atoms with Crippen LogP contribution in [-0.2, 0) is 5.41 Å². The molecule has 4 aromatic rings. The number of carbonyl (C=O) groups is 1. The van der Waals surface area contributed by atoms with Gasteiger partial charge in [0.2, 0.25) is 0 Å². The van der Waals surface area contributed by atoms with Crippen LogP contribution in [0.4, 0.5) is 25.1 Å². The number of aromatic nitrogens is 3. The van der Waals surface area contributed by atoms with E-state index in [9.17, 15) is 13.6 Å². The number of pyridine rings is 1. The van der Waals surface area contributed by atoms with Crippen LogP contribution in [0.5, 0.6) is 11.5 Å². The van der Waals surface area contributed by atoms with Crippen molar-refractivity contribution in [3.8, 4) is 17.2 Å². The van der Waals surface area contributed by atoms with Gasteiger partial charge in [0.25, 0.3) is 0 Å². The number of hydrogen-bond acceptors (Lipinski definition) is 4. The van der Waals surface area contributed by atoms with Crippen molar-refractivity contribution in [2.45, 2.75) is 26.2 Å². The lowest BCUT2D eigenvalue weighted by Gasteiger charge is -2.14. The van der Waals surface area contributed by atoms with Gasteiger partial charge in [-0.15, -0.1) is 0 Å². The van der Waals surface area contributed by atoms with E-state index in [4.69, 9.17) is 4.74 Å². The predicted molar refractivity (Wildman–Crippen MR) is 126 cm³/mol. The van der Waals surface area contributed by atoms with Crippen LogP contribution in [-0.4, -0.2) is 20.8 Å². The minimum Gasteiger partial charge on any atom is -0.457 e. The Morgan fingerprint density at radius 2 is 1.71 bits per heavy atom. The lowest BCUT2D eigenvalue weighted by Crippen LogP contribution is -2.22. The molecule has 2 amide bonds. The Morgan fingerprint density at radius 3 is 2.38 bits per heavy atom. The van der Waals surface area contributed by atoms with Gasteiger partial charge in [0.15, 0.2) is 0 Å². The molecule has 0 spiro atoms. The number of halogens is 2. The zero-order valence-electron chi connectivity index (χ0n) is 18.8. The first-order valence-electron chi connectivity index (χ1n) is 10.5. The van der Waals surface area contributed by atoms with Crippen molar-refractivity contribution in [1.29, 1.82) is 0 Å². The van der Waals surface area contributed by atoms with Crippen molar-refractivity contribution in [3.05, 3.63) is 90.4 Å². The molecular formula is C25H23F2N5O2. The summed E-state index contributed by atoms with van der Waals surface area (Å²) in [5.74, 6) is -0.0135. The second-order valence-corrected chi connectivity index (χ2v) is 8.56. The van der Waals surface area contributed by atoms with Gasteiger partial charge >= 0.3 is 6.03 Å². The molecule has 2 aromatic carbocycles. The predicted octanol–water partition coefficient (Wildman–Crippen LogP) is 6.28. The number of amides is 2. The Morgan fingerprint density at radius 1 is 0.941 bits per heavy atom. The molecule has 0 saturated heterocycles. The highest BCUT2D eigenvalue weighted by Gasteiger charge is 2.22. The Balaban J connectivity index is 1.53. The van der Waals surface area contributed by atoms with Crippen LogP contribution >= 0.6 is 0 Å². The molecular weight excluding hydrogens is 440 g/mol. The van der Waals surface area contributed by atoms with Crippen molar-refractivity contribution in [3.63, 3.8) is 0 Å². The zero-order chi connectivity index (χ0) is 24.3. The van der Waals surface area contributed by atoms with E-state index in [0.717, 1.165) is 0 Å². The van der Waals surface area contributed by atoms with Gasteiger partial charge in [0.1, 0.15) is 29.0 Å². The van der Waals surface area contributed by atoms with E-state index >= 15 is 0 Å². The van der Waals surface area contributed by atoms with Gasteiger partial charge in [0.05, 0.1) is 17.1 Å². The largest absolute Gasteiger partial charge is 0.457 e. The normalized spacial score (nSPS) is 11.2. The Hall–Kier alpha value is -4.27. The molecule has 2 N–H and O–H groups in total. The van der Waals surface area contributed by atoms with Gasteiger partial charge in [-0.2, -0.15) is 5.10 Å². The van der Waals surface area contributed by atoms with E-state index in [1.165, 1.54) is 35.0 Å². The highest BCUT2D eigenvalue weighted by molar-refractivity contribution is 5.99. The molecule has 7 nitrogen and oxygen atoms in total. The number of nitrogens with zero attached hydrogens (tertiary/aromatic N) is 3. The lowest BCUT2D eigenvalue weighted by atomic mass is 9.92. The number of ether oxygens (including phenoxy) is 1. The van der Waals surface area contributed by atoms with E-state index in [1.54, 1.807) is 42.7 Å². The van der Waals surface area contributed by atoms with E-state index < -0.39 is 17.7 Å². The topological polar surface area (TPSA) is 81.1 Å². The molecule has 0 aliphatic carbocycles. The molecule has 2 aromatic heterocycles. The highest BCUT2D eigenvalue weighted by atomic mass is 19.1. The first-order chi connectivity index (χ1) is 16.2. The summed E-state index contributed by atoms with van der Waals surface area (Å²) in [4.78, 5) is 16.6. The fourth-order valence-electron chi connectivity index (χ4n) is 3.11. The molecule has 34 heavy (non-hydrogen) atoms. The van der Waals surface area contributed by atoms with Crippen molar-refractivity contribution >= 4 is 17.5 Å². The quantitative estimate of drug-likeness (QED) is 0.365. The number of carbonyl (C=O) groups excluding carboxylic acids is 1. The first kappa shape index (κ1) is 22.9. The summed E-state index contributed by atoms with van der Waals surface area (Å²) >= 11 is 0. The van der Waals surface area contributed by atoms with Gasteiger partial charge in [-0.05, 0) is 42.5 Å². The average Bonchev–Trinajstić information content (AvgIpc) is 3.21. The van der Waals surface area contributed by atoms with Crippen LogP contribution in [0.2, 0.25) is 0 Å². The minimum atomic E-state index is -0.681. The third-order valence-electron chi connectivity index (χ3n) is 4.85. The number of urea groups is 1. The number of anilines is 2. The maximum absolute atomic E-state index is 14.6. The first-order valence-corrected chi connectivity index (χ1v) is 10.5. The zero-order valence-corrected chi connectivity index (χ0v) is 18.8. The van der Waals surface area contributed by atoms with E-state index in [1.807, 2.05) is 20.8 Å². The molecule has 0 saturated carbocycles. The molecule has 0 atom stereocenters. The van der Waals surface area contributed by atoms with E-state index in [-0.39, 0.29) is 16.9 Å². The summed E-state index contributed by atoms with van der Waals surface area (Å²) in [6.07, 6.45) is 3.12. The average molecular weight is 463 g/mol. The van der Waals surface area contributed by atoms with Crippen LogP contribution in [0.1, 0.15) is 26.5 Å². The number of nitrogens with one attached hydrogen (secondary N) is 2. The summed E-state index contributed by atoms with van der Waals surface area (Å²) in [7, 11) is 0. The summed E-state index contributed by atoms with van der Waals surface area (Å²) in [6.45, 7) is 5.92. The monoisotopic (exact) mass is 463 g/mol. The molecule has 174 valence electrons. The Kier molecular flexibility index (Phi) is 6.27. The molecule has 4 rings (SSSR count). The van der Waals surface area contributed by atoms with Gasteiger partial charge < -0.3 is 10.1 Å². The molecule has 0 fully saturated rings. The lowest BCUT2D eigenvalue weighted by molar-refractivity contribution is 0.262. The maximum Gasteiger partial charge on any atom is 0.324 e. The number of rotatable bonds is 5. The van der Waals surface area contributed by atoms with Crippen LogP contribution in [0.25, 0.3) is 5.69 Å². The van der Waals surface area contributed by atoms with Gasteiger partial charge in [-0.1, -0.05) is 26.8 Å². The van der Waals surface area contributed by atoms with Crippen molar-refractivity contribution in [1.82, 2.24) is 14.8 Å². The van der Waals surface area contributed by atoms with Crippen LogP contribution in [0.15, 0.2) is 73.1 Å². The molecule has 0 aliphatic rings. The second kappa shape index (κ2) is 9.30. The molecule has 2 heterocycles. The van der Waals surface area contributed by atoms with Crippen LogP contribution < -0.4 is 15.4 Å². The third kappa shape index (κ3) is 5.37. The number of hydrogen-bond donors (Lipinski definition) is 2. The fourth-order valence-corrected chi connectivity index (χ4v) is 3.11. The van der Waals surface area contributed by atoms with Gasteiger partial charge in [-0.25, -0.2) is 18.3 Å². The third-order valence-corrected chi connectivity index (χ3v) is 4.85. The molecule has 0 aliphatic heterocycles. The van der Waals surface area contributed by atoms with Crippen LogP contribution in [0, 0.1) is 11.6 Å². The van der Waals surface area contributed by atoms with Crippen molar-refractivity contribution < 1.29 is 18.3 Å². The molecule has 0 unspecified atom stereocenters. The van der Waals surface area contributed by atoms with Crippen molar-refractivity contribution in [2.75, 3.05) is 10.6 Å². The van der Waals surface area contributed by atoms with E-state index in [2.05, 4.69) is 20.7 Å². The van der Waals surface area contributed by atoms with Crippen molar-refractivity contribution in [2.24, 2.45) is 0 Å². The highest BCUT2D eigenvalue weighted by Crippen LogP contribution is 2.28. The summed E-state index contributed by atoms with van der Waals surface area (Å²) in [5.41, 5.74) is 0.778. The second-order valence-electron chi connectivity index (χ2n) is 8.56. The summed E-state index contributed by atoms with van der Waals surface area (Å²) in [5, 5.41) is 9.69. The standard InChI is InChI=1S/C25H23F2N5O2/c1-25(2,3)22-15-23(32(31-22)17-6-4-5-16(26)13-17)30-24(33)29-21-8-7-19(14-20(21)27)34-18-9-11-28-12-10-18/h4-15H,1-3H3,(H2,29,30,33). The van der Waals surface area contributed by atoms with Gasteiger partial charge in [0, 0.05) is 29.9 Å². The maximum atomic E-state index is 14.6. The molecule has 0 radical (unpaired) electrons. The number of benzene rings is 2. The Bertz CT molecular complexity index is 1320. The SMILES string of the molecule is CC(C)(C)c1cc(NC(=O)Nc2ccc(Oc3ccncc3)cc2F)n(-c2cccc(F)c2)n1. The molecule has 9 heteroatoms. The van der Waals surface area contributed by atoms with Gasteiger partial charge in [-0.3, -0.25) is 10.3 Å². The van der Waals surface area contributed by atoms with E-state index in [0.29, 0.717) is 22.9 Å².